The topological polar surface area (TPSA) is 20.2 Å². The van der Waals surface area contributed by atoms with E-state index in [9.17, 15) is 5.11 Å². The van der Waals surface area contributed by atoms with Crippen LogP contribution in [0.5, 0.6) is 0 Å². The Balaban J connectivity index is 2.18. The van der Waals surface area contributed by atoms with Crippen LogP contribution in [0.4, 0.5) is 0 Å². The second-order valence-corrected chi connectivity index (χ2v) is 5.31. The molecule has 2 rings (SSSR count). The highest BCUT2D eigenvalue weighted by molar-refractivity contribution is 7.08. The van der Waals surface area contributed by atoms with Gasteiger partial charge in [0.15, 0.2) is 0 Å². The van der Waals surface area contributed by atoms with Crippen LogP contribution in [0.3, 0.4) is 0 Å². The number of benzene rings is 1. The van der Waals surface area contributed by atoms with Crippen molar-refractivity contribution in [3.8, 4) is 0 Å². The van der Waals surface area contributed by atoms with Gasteiger partial charge < -0.3 is 5.11 Å². The molecule has 1 unspecified atom stereocenters. The first-order valence-corrected chi connectivity index (χ1v) is 6.39. The summed E-state index contributed by atoms with van der Waals surface area (Å²) in [6.07, 6.45) is 0.598. The van der Waals surface area contributed by atoms with Gasteiger partial charge in [-0.3, -0.25) is 0 Å². The molecule has 0 fully saturated rings. The average molecular weight is 253 g/mol. The number of thiophene rings is 1. The van der Waals surface area contributed by atoms with Gasteiger partial charge in [0.25, 0.3) is 0 Å². The van der Waals surface area contributed by atoms with E-state index in [4.69, 9.17) is 11.6 Å². The van der Waals surface area contributed by atoms with Crippen molar-refractivity contribution in [2.45, 2.75) is 18.9 Å². The van der Waals surface area contributed by atoms with Gasteiger partial charge in [-0.05, 0) is 47.0 Å². The first kappa shape index (κ1) is 11.6. The van der Waals surface area contributed by atoms with Crippen LogP contribution in [0, 0.1) is 0 Å². The Hall–Kier alpha value is -0.830. The molecule has 1 aromatic heterocycles. The van der Waals surface area contributed by atoms with Crippen molar-refractivity contribution in [3.05, 3.63) is 57.2 Å². The molecule has 84 valence electrons. The molecule has 0 bridgehead atoms. The largest absolute Gasteiger partial charge is 0.385 e. The van der Waals surface area contributed by atoms with Crippen LogP contribution < -0.4 is 0 Å². The SMILES string of the molecule is CC(O)(Cc1ccc(Cl)cc1)c1ccsc1. The van der Waals surface area contributed by atoms with Crippen LogP contribution in [0.15, 0.2) is 41.1 Å². The zero-order valence-corrected chi connectivity index (χ0v) is 10.6. The Morgan fingerprint density at radius 3 is 2.50 bits per heavy atom. The van der Waals surface area contributed by atoms with E-state index in [1.807, 2.05) is 48.0 Å². The molecule has 2 aromatic rings. The summed E-state index contributed by atoms with van der Waals surface area (Å²) < 4.78 is 0. The van der Waals surface area contributed by atoms with Crippen LogP contribution in [0.25, 0.3) is 0 Å². The molecule has 0 aliphatic carbocycles. The first-order chi connectivity index (χ1) is 7.58. The molecule has 1 nitrogen and oxygen atoms in total. The van der Waals surface area contributed by atoms with E-state index in [1.54, 1.807) is 11.3 Å². The van der Waals surface area contributed by atoms with Gasteiger partial charge in [-0.2, -0.15) is 11.3 Å². The lowest BCUT2D eigenvalue weighted by Crippen LogP contribution is -2.23. The van der Waals surface area contributed by atoms with Crippen molar-refractivity contribution in [1.82, 2.24) is 0 Å². The molecule has 0 aliphatic heterocycles. The maximum Gasteiger partial charge on any atom is 0.0916 e. The smallest absolute Gasteiger partial charge is 0.0916 e. The molecule has 16 heavy (non-hydrogen) atoms. The Morgan fingerprint density at radius 1 is 1.25 bits per heavy atom. The minimum atomic E-state index is -0.812. The summed E-state index contributed by atoms with van der Waals surface area (Å²) in [5.41, 5.74) is 1.24. The minimum Gasteiger partial charge on any atom is -0.385 e. The highest BCUT2D eigenvalue weighted by Crippen LogP contribution is 2.27. The molecule has 0 amide bonds. The Morgan fingerprint density at radius 2 is 1.94 bits per heavy atom. The summed E-state index contributed by atoms with van der Waals surface area (Å²) in [5.74, 6) is 0. The molecule has 0 radical (unpaired) electrons. The maximum absolute atomic E-state index is 10.4. The number of hydrogen-bond acceptors (Lipinski definition) is 2. The third kappa shape index (κ3) is 2.64. The summed E-state index contributed by atoms with van der Waals surface area (Å²) in [6.45, 7) is 1.84. The Bertz CT molecular complexity index is 445. The predicted molar refractivity (Wildman–Crippen MR) is 69.0 cm³/mol. The standard InChI is InChI=1S/C13H13ClOS/c1-13(15,11-6-7-16-9-11)8-10-2-4-12(14)5-3-10/h2-7,9,15H,8H2,1H3. The van der Waals surface area contributed by atoms with Gasteiger partial charge in [0, 0.05) is 11.4 Å². The fraction of sp³-hybridized carbons (Fsp3) is 0.231. The third-order valence-electron chi connectivity index (χ3n) is 2.60. The first-order valence-electron chi connectivity index (χ1n) is 5.07. The molecule has 0 saturated carbocycles. The van der Waals surface area contributed by atoms with E-state index in [2.05, 4.69) is 0 Å². The van der Waals surface area contributed by atoms with E-state index < -0.39 is 5.60 Å². The van der Waals surface area contributed by atoms with E-state index in [1.165, 1.54) is 0 Å². The molecule has 1 atom stereocenters. The highest BCUT2D eigenvalue weighted by atomic mass is 35.5. The molecular weight excluding hydrogens is 240 g/mol. The normalized spacial score (nSPS) is 14.7. The molecular formula is C13H13ClOS. The van der Waals surface area contributed by atoms with Gasteiger partial charge >= 0.3 is 0 Å². The number of hydrogen-bond donors (Lipinski definition) is 1. The number of rotatable bonds is 3. The van der Waals surface area contributed by atoms with Crippen molar-refractivity contribution in [3.63, 3.8) is 0 Å². The molecule has 1 aromatic carbocycles. The average Bonchev–Trinajstić information content (AvgIpc) is 2.75. The Kier molecular flexibility index (Phi) is 3.33. The third-order valence-corrected chi connectivity index (χ3v) is 3.54. The van der Waals surface area contributed by atoms with E-state index >= 15 is 0 Å². The van der Waals surface area contributed by atoms with Crippen molar-refractivity contribution in [2.24, 2.45) is 0 Å². The predicted octanol–water partition coefficient (Wildman–Crippen LogP) is 3.85. The van der Waals surface area contributed by atoms with Gasteiger partial charge in [-0.15, -0.1) is 0 Å². The second kappa shape index (κ2) is 4.58. The molecule has 0 saturated heterocycles. The van der Waals surface area contributed by atoms with E-state index in [0.717, 1.165) is 16.1 Å². The highest BCUT2D eigenvalue weighted by Gasteiger charge is 2.23. The maximum atomic E-state index is 10.4. The van der Waals surface area contributed by atoms with Crippen LogP contribution in [0.1, 0.15) is 18.1 Å². The van der Waals surface area contributed by atoms with Gasteiger partial charge in [0.1, 0.15) is 0 Å². The van der Waals surface area contributed by atoms with Crippen molar-refractivity contribution >= 4 is 22.9 Å². The van der Waals surface area contributed by atoms with Crippen LogP contribution in [0.2, 0.25) is 5.02 Å². The molecule has 1 heterocycles. The zero-order chi connectivity index (χ0) is 11.6. The van der Waals surface area contributed by atoms with Gasteiger partial charge in [0.05, 0.1) is 5.60 Å². The second-order valence-electron chi connectivity index (χ2n) is 4.09. The summed E-state index contributed by atoms with van der Waals surface area (Å²) in [5, 5.41) is 15.1. The summed E-state index contributed by atoms with van der Waals surface area (Å²) in [4.78, 5) is 0. The molecule has 0 aliphatic rings. The van der Waals surface area contributed by atoms with Crippen molar-refractivity contribution in [1.29, 1.82) is 0 Å². The van der Waals surface area contributed by atoms with Crippen molar-refractivity contribution < 1.29 is 5.11 Å². The molecule has 0 spiro atoms. The van der Waals surface area contributed by atoms with Crippen LogP contribution >= 0.6 is 22.9 Å². The fourth-order valence-electron chi connectivity index (χ4n) is 1.67. The van der Waals surface area contributed by atoms with Gasteiger partial charge in [-0.25, -0.2) is 0 Å². The van der Waals surface area contributed by atoms with Crippen LogP contribution in [-0.4, -0.2) is 5.11 Å². The number of halogens is 1. The molecule has 3 heteroatoms. The quantitative estimate of drug-likeness (QED) is 0.880. The summed E-state index contributed by atoms with van der Waals surface area (Å²) in [7, 11) is 0. The lowest BCUT2D eigenvalue weighted by Gasteiger charge is -2.22. The van der Waals surface area contributed by atoms with Gasteiger partial charge in [-0.1, -0.05) is 23.7 Å². The van der Waals surface area contributed by atoms with E-state index in [0.29, 0.717) is 6.42 Å². The fourth-order valence-corrected chi connectivity index (χ4v) is 2.58. The Labute approximate surface area is 104 Å². The number of aliphatic hydroxyl groups is 1. The summed E-state index contributed by atoms with van der Waals surface area (Å²) >= 11 is 7.42. The monoisotopic (exact) mass is 252 g/mol. The van der Waals surface area contributed by atoms with Crippen molar-refractivity contribution in [2.75, 3.05) is 0 Å². The van der Waals surface area contributed by atoms with Crippen LogP contribution in [-0.2, 0) is 12.0 Å². The molecule has 1 N–H and O–H groups in total. The van der Waals surface area contributed by atoms with E-state index in [-0.39, 0.29) is 0 Å². The van der Waals surface area contributed by atoms with Gasteiger partial charge in [0.2, 0.25) is 0 Å². The zero-order valence-electron chi connectivity index (χ0n) is 8.98. The summed E-state index contributed by atoms with van der Waals surface area (Å²) in [6, 6.07) is 9.55. The minimum absolute atomic E-state index is 0.598. The lowest BCUT2D eigenvalue weighted by atomic mass is 9.91. The lowest BCUT2D eigenvalue weighted by molar-refractivity contribution is 0.0581.